The van der Waals surface area contributed by atoms with E-state index in [4.69, 9.17) is 4.74 Å². The molecule has 0 amide bonds. The SMILES string of the molecule is C[C@H]1C(=O)O[C@H]2CCCCC[C@H]21. The molecule has 0 radical (unpaired) electrons. The van der Waals surface area contributed by atoms with Gasteiger partial charge in [-0.15, -0.1) is 0 Å². The van der Waals surface area contributed by atoms with E-state index in [9.17, 15) is 4.79 Å². The minimum atomic E-state index is 0.0342. The molecular weight excluding hydrogens is 152 g/mol. The third kappa shape index (κ3) is 1.23. The van der Waals surface area contributed by atoms with Crippen molar-refractivity contribution in [2.75, 3.05) is 0 Å². The monoisotopic (exact) mass is 168 g/mol. The van der Waals surface area contributed by atoms with Gasteiger partial charge in [-0.1, -0.05) is 19.8 Å². The minimum Gasteiger partial charge on any atom is -0.462 e. The second kappa shape index (κ2) is 3.08. The van der Waals surface area contributed by atoms with E-state index in [1.165, 1.54) is 25.7 Å². The zero-order chi connectivity index (χ0) is 8.55. The fourth-order valence-electron chi connectivity index (χ4n) is 2.45. The first kappa shape index (κ1) is 8.09. The number of hydrogen-bond acceptors (Lipinski definition) is 2. The molecule has 12 heavy (non-hydrogen) atoms. The predicted octanol–water partition coefficient (Wildman–Crippen LogP) is 2.13. The van der Waals surface area contributed by atoms with Gasteiger partial charge in [0.05, 0.1) is 5.92 Å². The molecule has 0 unspecified atom stereocenters. The fraction of sp³-hybridized carbons (Fsp3) is 0.900. The van der Waals surface area contributed by atoms with Crippen LogP contribution in [0.2, 0.25) is 0 Å². The van der Waals surface area contributed by atoms with Crippen molar-refractivity contribution in [2.45, 2.75) is 45.1 Å². The summed E-state index contributed by atoms with van der Waals surface area (Å²) >= 11 is 0. The molecule has 0 aromatic heterocycles. The van der Waals surface area contributed by atoms with E-state index in [1.807, 2.05) is 6.92 Å². The van der Waals surface area contributed by atoms with E-state index in [-0.39, 0.29) is 18.0 Å². The number of ether oxygens (including phenoxy) is 1. The van der Waals surface area contributed by atoms with Crippen molar-refractivity contribution in [2.24, 2.45) is 11.8 Å². The molecule has 1 heterocycles. The van der Waals surface area contributed by atoms with Gasteiger partial charge >= 0.3 is 5.97 Å². The Labute approximate surface area is 73.3 Å². The van der Waals surface area contributed by atoms with Crippen LogP contribution >= 0.6 is 0 Å². The molecule has 68 valence electrons. The molecule has 2 aliphatic rings. The van der Waals surface area contributed by atoms with E-state index in [2.05, 4.69) is 0 Å². The van der Waals surface area contributed by atoms with Crippen LogP contribution in [0.1, 0.15) is 39.0 Å². The lowest BCUT2D eigenvalue weighted by Gasteiger charge is -2.14. The Morgan fingerprint density at radius 2 is 2.00 bits per heavy atom. The van der Waals surface area contributed by atoms with Gasteiger partial charge < -0.3 is 4.74 Å². The van der Waals surface area contributed by atoms with Gasteiger partial charge in [-0.25, -0.2) is 0 Å². The molecule has 2 heteroatoms. The number of esters is 1. The molecule has 2 fully saturated rings. The Morgan fingerprint density at radius 1 is 1.25 bits per heavy atom. The molecule has 0 aromatic rings. The smallest absolute Gasteiger partial charge is 0.309 e. The van der Waals surface area contributed by atoms with Crippen molar-refractivity contribution in [1.82, 2.24) is 0 Å². The molecule has 1 saturated carbocycles. The van der Waals surface area contributed by atoms with Gasteiger partial charge in [-0.2, -0.15) is 0 Å². The summed E-state index contributed by atoms with van der Waals surface area (Å²) in [5.41, 5.74) is 0. The fourth-order valence-corrected chi connectivity index (χ4v) is 2.45. The first-order valence-electron chi connectivity index (χ1n) is 4.99. The van der Waals surface area contributed by atoms with Crippen LogP contribution in [0.3, 0.4) is 0 Å². The van der Waals surface area contributed by atoms with E-state index in [1.54, 1.807) is 0 Å². The highest BCUT2D eigenvalue weighted by Gasteiger charge is 2.41. The lowest BCUT2D eigenvalue weighted by molar-refractivity contribution is -0.144. The summed E-state index contributed by atoms with van der Waals surface area (Å²) in [6.45, 7) is 2.01. The van der Waals surface area contributed by atoms with Crippen molar-refractivity contribution in [1.29, 1.82) is 0 Å². The Morgan fingerprint density at radius 3 is 2.83 bits per heavy atom. The van der Waals surface area contributed by atoms with Crippen molar-refractivity contribution in [3.05, 3.63) is 0 Å². The number of carbonyl (C=O) groups excluding carboxylic acids is 1. The molecule has 1 aliphatic heterocycles. The molecule has 1 saturated heterocycles. The van der Waals surface area contributed by atoms with Crippen LogP contribution in [0.25, 0.3) is 0 Å². The van der Waals surface area contributed by atoms with Gasteiger partial charge in [0, 0.05) is 5.92 Å². The topological polar surface area (TPSA) is 26.3 Å². The van der Waals surface area contributed by atoms with Gasteiger partial charge in [0.25, 0.3) is 0 Å². The van der Waals surface area contributed by atoms with Gasteiger partial charge in [0.2, 0.25) is 0 Å². The molecule has 0 spiro atoms. The quantitative estimate of drug-likeness (QED) is 0.518. The van der Waals surface area contributed by atoms with Gasteiger partial charge in [-0.3, -0.25) is 4.79 Å². The van der Waals surface area contributed by atoms with E-state index >= 15 is 0 Å². The standard InChI is InChI=1S/C10H16O2/c1-7-8-5-3-2-4-6-9(8)12-10(7)11/h7-9H,2-6H2,1H3/t7-,8+,9+/m1/s1. The summed E-state index contributed by atoms with van der Waals surface area (Å²) in [6, 6.07) is 0. The molecule has 1 aliphatic carbocycles. The normalized spacial score (nSPS) is 41.8. The Bertz CT molecular complexity index is 188. The summed E-state index contributed by atoms with van der Waals surface area (Å²) < 4.78 is 5.32. The van der Waals surface area contributed by atoms with E-state index in [0.29, 0.717) is 5.92 Å². The molecule has 0 N–H and O–H groups in total. The molecule has 0 bridgehead atoms. The zero-order valence-corrected chi connectivity index (χ0v) is 7.58. The summed E-state index contributed by atoms with van der Waals surface area (Å²) in [4.78, 5) is 11.2. The molecule has 3 atom stereocenters. The van der Waals surface area contributed by atoms with E-state index < -0.39 is 0 Å². The second-order valence-electron chi connectivity index (χ2n) is 4.07. The average Bonchev–Trinajstić information content (AvgIpc) is 2.30. The predicted molar refractivity (Wildman–Crippen MR) is 45.6 cm³/mol. The van der Waals surface area contributed by atoms with Crippen LogP contribution in [-0.4, -0.2) is 12.1 Å². The van der Waals surface area contributed by atoms with Crippen LogP contribution in [0.5, 0.6) is 0 Å². The van der Waals surface area contributed by atoms with Crippen LogP contribution < -0.4 is 0 Å². The first-order chi connectivity index (χ1) is 5.79. The molecular formula is C10H16O2. The van der Waals surface area contributed by atoms with Gasteiger partial charge in [-0.05, 0) is 19.3 Å². The number of hydrogen-bond donors (Lipinski definition) is 0. The van der Waals surface area contributed by atoms with Crippen LogP contribution in [-0.2, 0) is 9.53 Å². The highest BCUT2D eigenvalue weighted by molar-refractivity contribution is 5.74. The highest BCUT2D eigenvalue weighted by Crippen LogP contribution is 2.37. The minimum absolute atomic E-state index is 0.0342. The van der Waals surface area contributed by atoms with Gasteiger partial charge in [0.15, 0.2) is 0 Å². The molecule has 2 nitrogen and oxygen atoms in total. The van der Waals surface area contributed by atoms with Gasteiger partial charge in [0.1, 0.15) is 6.10 Å². The van der Waals surface area contributed by atoms with Crippen molar-refractivity contribution in [3.63, 3.8) is 0 Å². The number of carbonyl (C=O) groups is 1. The van der Waals surface area contributed by atoms with E-state index in [0.717, 1.165) is 6.42 Å². The second-order valence-corrected chi connectivity index (χ2v) is 4.07. The lowest BCUT2D eigenvalue weighted by Crippen LogP contribution is -2.17. The van der Waals surface area contributed by atoms with Crippen molar-refractivity contribution >= 4 is 5.97 Å². The third-order valence-electron chi connectivity index (χ3n) is 3.29. The highest BCUT2D eigenvalue weighted by atomic mass is 16.6. The Balaban J connectivity index is 2.09. The maximum absolute atomic E-state index is 11.2. The Kier molecular flexibility index (Phi) is 2.07. The van der Waals surface area contributed by atoms with Crippen molar-refractivity contribution in [3.8, 4) is 0 Å². The number of rotatable bonds is 0. The summed E-state index contributed by atoms with van der Waals surface area (Å²) in [5.74, 6) is 0.722. The van der Waals surface area contributed by atoms with Crippen LogP contribution in [0, 0.1) is 11.8 Å². The average molecular weight is 168 g/mol. The maximum Gasteiger partial charge on any atom is 0.309 e. The van der Waals surface area contributed by atoms with Crippen molar-refractivity contribution < 1.29 is 9.53 Å². The molecule has 0 aromatic carbocycles. The number of fused-ring (bicyclic) bond motifs is 1. The largest absolute Gasteiger partial charge is 0.462 e. The zero-order valence-electron chi connectivity index (χ0n) is 7.58. The van der Waals surface area contributed by atoms with Crippen LogP contribution in [0.4, 0.5) is 0 Å². The molecule has 2 rings (SSSR count). The summed E-state index contributed by atoms with van der Waals surface area (Å²) in [5, 5.41) is 0. The van der Waals surface area contributed by atoms with Crippen LogP contribution in [0.15, 0.2) is 0 Å². The summed E-state index contributed by atoms with van der Waals surface area (Å²) in [7, 11) is 0. The third-order valence-corrected chi connectivity index (χ3v) is 3.29. The summed E-state index contributed by atoms with van der Waals surface area (Å²) in [6.07, 6.45) is 6.38. The maximum atomic E-state index is 11.2. The first-order valence-corrected chi connectivity index (χ1v) is 4.99. The Hall–Kier alpha value is -0.530. The lowest BCUT2D eigenvalue weighted by atomic mass is 9.88.